The van der Waals surface area contributed by atoms with Crippen molar-refractivity contribution in [2.75, 3.05) is 84.5 Å². The number of methoxy groups -OCH3 is 1. The highest BCUT2D eigenvalue weighted by Crippen LogP contribution is 2.40. The largest absolute Gasteiger partial charge is 0.493 e. The summed E-state index contributed by atoms with van der Waals surface area (Å²) in [4.78, 5) is 126. The smallest absolute Gasteiger partial charge is 0.338 e. The lowest BCUT2D eigenvalue weighted by Gasteiger charge is -2.19. The van der Waals surface area contributed by atoms with Gasteiger partial charge in [0.1, 0.15) is 23.3 Å². The Balaban J connectivity index is 0.926. The molecule has 0 saturated carbocycles. The van der Waals surface area contributed by atoms with Gasteiger partial charge < -0.3 is 70.4 Å². The van der Waals surface area contributed by atoms with Crippen LogP contribution in [0.1, 0.15) is 183 Å². The highest BCUT2D eigenvalue weighted by atomic mass is 32.2. The molecule has 4 fully saturated rings. The van der Waals surface area contributed by atoms with Crippen LogP contribution < -0.4 is 46.7 Å². The number of esters is 2. The second kappa shape index (κ2) is 41.4. The van der Waals surface area contributed by atoms with Crippen LogP contribution >= 0.6 is 23.5 Å². The highest BCUT2D eigenvalue weighted by molar-refractivity contribution is 8.00. The Bertz CT molecular complexity index is 2770. The number of thioether (sulfide) groups is 2. The minimum Gasteiger partial charge on any atom is -0.493 e. The maximum atomic E-state index is 14.1. The van der Waals surface area contributed by atoms with Crippen LogP contribution in [0.2, 0.25) is 0 Å². The summed E-state index contributed by atoms with van der Waals surface area (Å²) in [5.41, 5.74) is 0.110. The molecule has 4 saturated heterocycles. The van der Waals surface area contributed by atoms with Crippen LogP contribution in [0.15, 0.2) is 30.3 Å². The molecule has 28 heteroatoms. The number of urea groups is 2. The van der Waals surface area contributed by atoms with E-state index in [0.717, 1.165) is 50.0 Å². The van der Waals surface area contributed by atoms with E-state index in [-0.39, 0.29) is 165 Å². The first-order valence-electron chi connectivity index (χ1n) is 33.6. The number of nitrogens with zero attached hydrogens (tertiary/aromatic N) is 1. The number of benzene rings is 2. The van der Waals surface area contributed by atoms with Crippen molar-refractivity contribution >= 4 is 82.5 Å². The van der Waals surface area contributed by atoms with Crippen molar-refractivity contribution in [3.63, 3.8) is 0 Å². The molecule has 7 atom stereocenters. The molecule has 4 heterocycles. The molecule has 7 unspecified atom stereocenters. The fourth-order valence-electron chi connectivity index (χ4n) is 11.6. The lowest BCUT2D eigenvalue weighted by atomic mass is 9.96. The first-order valence-corrected chi connectivity index (χ1v) is 35.7. The molecular weight excluding hydrogens is 1270 g/mol. The maximum Gasteiger partial charge on any atom is 0.338 e. The van der Waals surface area contributed by atoms with E-state index in [4.69, 9.17) is 33.2 Å². The lowest BCUT2D eigenvalue weighted by Crippen LogP contribution is -2.36. The van der Waals surface area contributed by atoms with Crippen molar-refractivity contribution in [1.29, 1.82) is 0 Å². The molecule has 0 aromatic heterocycles. The molecule has 7 amide bonds. The van der Waals surface area contributed by atoms with Crippen LogP contribution in [0.25, 0.3) is 0 Å². The van der Waals surface area contributed by atoms with E-state index in [1.54, 1.807) is 26.8 Å². The van der Waals surface area contributed by atoms with Gasteiger partial charge in [-0.15, -0.1) is 0 Å². The van der Waals surface area contributed by atoms with Crippen LogP contribution in [0, 0.1) is 10.1 Å². The van der Waals surface area contributed by atoms with Crippen LogP contribution in [0.3, 0.4) is 0 Å². The standard InChI is InChI=1S/C67H100N8O18S2/c1-44(50-40-54(87-5)55(41-53(50)75(85)86)91-28-16-23-60(80)70-27-30-89-32-34-90-33-31-88-29-24-61(81)93-67(2,3)4)92-64(82)47-36-45(38-48(76)17-8-6-14-25-68-58(78)21-12-10-19-56-62-51(42-94-56)71-65(83)73-62)35-46(37-47)39-49(77)18-9-7-15-26-69-59(79)22-13-11-20-57-63-52(43-95-57)72-66(84)74-63/h35-37,40-41,44,51-52,56-57,62-63H,6-34,38-39,42-43H2,1-5H3,(H,68,78)(H,69,79)(H,70,80)(H2,71,73,83)(H2,72,74,84). The predicted molar refractivity (Wildman–Crippen MR) is 359 cm³/mol. The second-order valence-electron chi connectivity index (χ2n) is 25.4. The molecule has 4 aliphatic heterocycles. The van der Waals surface area contributed by atoms with Gasteiger partial charge in [-0.05, 0) is 115 Å². The first kappa shape index (κ1) is 77.3. The molecule has 6 rings (SSSR count). The van der Waals surface area contributed by atoms with E-state index in [1.165, 1.54) is 38.3 Å². The Morgan fingerprint density at radius 3 is 1.59 bits per heavy atom. The third-order valence-corrected chi connectivity index (χ3v) is 19.4. The predicted octanol–water partition coefficient (Wildman–Crippen LogP) is 7.61. The molecule has 0 radical (unpaired) electrons. The van der Waals surface area contributed by atoms with Gasteiger partial charge in [-0.1, -0.05) is 31.7 Å². The Hall–Kier alpha value is -6.75. The van der Waals surface area contributed by atoms with E-state index < -0.39 is 28.3 Å². The zero-order chi connectivity index (χ0) is 68.5. The van der Waals surface area contributed by atoms with Gasteiger partial charge in [0.15, 0.2) is 11.5 Å². The minimum absolute atomic E-state index is 0.0156. The fourth-order valence-corrected chi connectivity index (χ4v) is 14.7. The number of carbonyl (C=O) groups excluding carboxylic acids is 9. The Labute approximate surface area is 566 Å². The van der Waals surface area contributed by atoms with Crippen molar-refractivity contribution in [3.8, 4) is 11.5 Å². The van der Waals surface area contributed by atoms with Crippen molar-refractivity contribution in [2.45, 2.75) is 209 Å². The summed E-state index contributed by atoms with van der Waals surface area (Å²) in [5.74, 6) is 0.339. The van der Waals surface area contributed by atoms with Gasteiger partial charge in [0, 0.05) is 86.6 Å². The van der Waals surface area contributed by atoms with E-state index in [0.29, 0.717) is 113 Å². The summed E-state index contributed by atoms with van der Waals surface area (Å²) in [6, 6.07) is 7.75. The van der Waals surface area contributed by atoms with Gasteiger partial charge in [0.2, 0.25) is 17.7 Å². The molecule has 2 aromatic carbocycles. The Morgan fingerprint density at radius 2 is 1.07 bits per heavy atom. The number of nitro benzene ring substituents is 1. The Kier molecular flexibility index (Phi) is 33.6. The van der Waals surface area contributed by atoms with Crippen LogP contribution in [-0.2, 0) is 65.3 Å². The highest BCUT2D eigenvalue weighted by Gasteiger charge is 2.44. The van der Waals surface area contributed by atoms with E-state index >= 15 is 0 Å². The number of amides is 7. The first-order chi connectivity index (χ1) is 45.6. The number of nitro groups is 1. The van der Waals surface area contributed by atoms with Crippen molar-refractivity contribution in [3.05, 3.63) is 62.7 Å². The zero-order valence-electron chi connectivity index (χ0n) is 55.9. The average molecular weight is 1370 g/mol. The monoisotopic (exact) mass is 1370 g/mol. The van der Waals surface area contributed by atoms with E-state index in [9.17, 15) is 53.3 Å². The van der Waals surface area contributed by atoms with Crippen LogP contribution in [-0.4, -0.2) is 183 Å². The average Bonchev–Trinajstić information content (AvgIpc) is 1.80. The molecule has 95 heavy (non-hydrogen) atoms. The molecule has 528 valence electrons. The molecule has 0 bridgehead atoms. The fraction of sp³-hybridized carbons (Fsp3) is 0.687. The minimum atomic E-state index is -1.19. The third-order valence-electron chi connectivity index (χ3n) is 16.4. The van der Waals surface area contributed by atoms with Crippen molar-refractivity contribution in [1.82, 2.24) is 37.2 Å². The molecular formula is C67H100N8O18S2. The molecule has 0 aliphatic carbocycles. The number of carbonyl (C=O) groups is 9. The van der Waals surface area contributed by atoms with E-state index in [1.807, 2.05) is 23.5 Å². The Morgan fingerprint density at radius 1 is 0.579 bits per heavy atom. The van der Waals surface area contributed by atoms with E-state index in [2.05, 4.69) is 37.2 Å². The van der Waals surface area contributed by atoms with Crippen LogP contribution in [0.4, 0.5) is 15.3 Å². The SMILES string of the molecule is COc1cc(C(C)OC(=O)c2cc(CC(=O)CCCCCNC(=O)CCCCC3SCC4NC(=O)NC43)cc(CC(=O)CCCCCNC(=O)CCCCC3SCC4NC(=O)NC43)c2)c([N+](=O)[O-])cc1OCCCC(=O)NCCOCCOCCOCCC(=O)OC(C)(C)C. The number of unbranched alkanes of at least 4 members (excludes halogenated alkanes) is 6. The molecule has 4 aliphatic rings. The number of nitrogens with one attached hydrogen (secondary N) is 7. The second-order valence-corrected chi connectivity index (χ2v) is 27.9. The third kappa shape index (κ3) is 28.9. The molecule has 2 aromatic rings. The van der Waals surface area contributed by atoms with Crippen molar-refractivity contribution in [2.24, 2.45) is 0 Å². The lowest BCUT2D eigenvalue weighted by molar-refractivity contribution is -0.386. The number of Topliss-reactive ketones (excluding diaryl/α,β-unsaturated/α-hetero) is 2. The van der Waals surface area contributed by atoms with Crippen LogP contribution in [0.5, 0.6) is 11.5 Å². The summed E-state index contributed by atoms with van der Waals surface area (Å²) in [5, 5.41) is 33.9. The van der Waals surface area contributed by atoms with Gasteiger partial charge in [-0.25, -0.2) is 14.4 Å². The number of rotatable bonds is 48. The van der Waals surface area contributed by atoms with Gasteiger partial charge in [0.05, 0.1) is 106 Å². The summed E-state index contributed by atoms with van der Waals surface area (Å²) < 4.78 is 38.9. The van der Waals surface area contributed by atoms with Gasteiger partial charge in [-0.2, -0.15) is 23.5 Å². The summed E-state index contributed by atoms with van der Waals surface area (Å²) in [6.45, 7) is 9.90. The van der Waals surface area contributed by atoms with Gasteiger partial charge in [0.25, 0.3) is 5.69 Å². The summed E-state index contributed by atoms with van der Waals surface area (Å²) in [6.07, 6.45) is 9.74. The number of hydrogen-bond donors (Lipinski definition) is 7. The summed E-state index contributed by atoms with van der Waals surface area (Å²) >= 11 is 3.71. The van der Waals surface area contributed by atoms with Gasteiger partial charge >= 0.3 is 24.0 Å². The molecule has 7 N–H and O–H groups in total. The molecule has 26 nitrogen and oxygen atoms in total. The van der Waals surface area contributed by atoms with Gasteiger partial charge in [-0.3, -0.25) is 38.9 Å². The molecule has 0 spiro atoms. The zero-order valence-corrected chi connectivity index (χ0v) is 57.5. The normalized spacial score (nSPS) is 18.9. The quantitative estimate of drug-likeness (QED) is 0.0110. The maximum absolute atomic E-state index is 14.1. The number of ether oxygens (including phenoxy) is 7. The topological polar surface area (TPSA) is 346 Å². The summed E-state index contributed by atoms with van der Waals surface area (Å²) in [7, 11) is 1.36. The number of ketones is 2. The number of hydrogen-bond acceptors (Lipinski definition) is 20. The van der Waals surface area contributed by atoms with Crippen molar-refractivity contribution < 1.29 is 81.2 Å². The number of fused-ring (bicyclic) bond motifs is 2.